The van der Waals surface area contributed by atoms with E-state index < -0.39 is 0 Å². The van der Waals surface area contributed by atoms with Crippen molar-refractivity contribution in [1.82, 2.24) is 0 Å². The summed E-state index contributed by atoms with van der Waals surface area (Å²) in [6, 6.07) is 15.5. The molecule has 1 aliphatic rings. The molecule has 0 aliphatic heterocycles. The Morgan fingerprint density at radius 3 is 1.62 bits per heavy atom. The van der Waals surface area contributed by atoms with Crippen molar-refractivity contribution in [3.8, 4) is 0 Å². The molecule has 0 bridgehead atoms. The molecule has 2 aromatic rings. The fourth-order valence-electron chi connectivity index (χ4n) is 2.97. The van der Waals surface area contributed by atoms with E-state index in [-0.39, 0.29) is 11.2 Å². The van der Waals surface area contributed by atoms with Gasteiger partial charge in [0.1, 0.15) is 5.82 Å². The van der Waals surface area contributed by atoms with E-state index in [0.29, 0.717) is 11.8 Å². The predicted molar refractivity (Wildman–Crippen MR) is 127 cm³/mol. The first-order valence-electron chi connectivity index (χ1n) is 11.3. The molecule has 0 radical (unpaired) electrons. The summed E-state index contributed by atoms with van der Waals surface area (Å²) in [5.74, 6) is 3.02. The van der Waals surface area contributed by atoms with Crippen LogP contribution in [-0.2, 0) is 5.41 Å². The van der Waals surface area contributed by atoms with Gasteiger partial charge in [-0.25, -0.2) is 4.39 Å². The van der Waals surface area contributed by atoms with Crippen LogP contribution < -0.4 is 0 Å². The summed E-state index contributed by atoms with van der Waals surface area (Å²) in [5.41, 5.74) is 4.32. The van der Waals surface area contributed by atoms with Crippen molar-refractivity contribution in [2.75, 3.05) is 0 Å². The van der Waals surface area contributed by atoms with Gasteiger partial charge in [0.2, 0.25) is 0 Å². The monoisotopic (exact) mass is 398 g/mol. The van der Waals surface area contributed by atoms with E-state index >= 15 is 0 Å². The quantitative estimate of drug-likeness (QED) is 0.483. The Balaban J connectivity index is 0.000000232. The number of benzene rings is 2. The van der Waals surface area contributed by atoms with E-state index in [1.54, 1.807) is 0 Å². The molecule has 29 heavy (non-hydrogen) atoms. The van der Waals surface area contributed by atoms with Crippen LogP contribution in [0.2, 0.25) is 0 Å². The summed E-state index contributed by atoms with van der Waals surface area (Å²) < 4.78 is 12.4. The summed E-state index contributed by atoms with van der Waals surface area (Å²) in [5, 5.41) is 0. The minimum absolute atomic E-state index is 0.163. The fraction of sp³-hybridized carbons (Fsp3) is 0.571. The van der Waals surface area contributed by atoms with Gasteiger partial charge in [-0.3, -0.25) is 0 Å². The Hall–Kier alpha value is -1.63. The molecule has 1 heteroatoms. The largest absolute Gasteiger partial charge is 0.207 e. The zero-order chi connectivity index (χ0) is 22.2. The zero-order valence-corrected chi connectivity index (χ0v) is 20.2. The maximum atomic E-state index is 12.4. The molecule has 0 atom stereocenters. The second kappa shape index (κ2) is 11.5. The lowest BCUT2D eigenvalue weighted by Crippen LogP contribution is -2.11. The van der Waals surface area contributed by atoms with Gasteiger partial charge < -0.3 is 0 Å². The highest BCUT2D eigenvalue weighted by Gasteiger charge is 2.24. The second-order valence-corrected chi connectivity index (χ2v) is 10.3. The molecule has 0 nitrogen and oxygen atoms in total. The summed E-state index contributed by atoms with van der Waals surface area (Å²) >= 11 is 0. The molecule has 1 aliphatic carbocycles. The molecular weight excluding hydrogens is 355 g/mol. The standard InChI is InChI=1S/C13H20.C9H11F.C6H12/c1-10(2)11-7-6-8-12(9-11)13(3,4)5;1-7(2)8-3-5-9(10)6-4-8;1-5(2)6-3-4-6/h6-10H,1-5H3;3-7H,1-2H3;5-6H,3-4H2,1-2H3. The Morgan fingerprint density at radius 2 is 1.28 bits per heavy atom. The molecule has 0 heterocycles. The highest BCUT2D eigenvalue weighted by atomic mass is 19.1. The van der Waals surface area contributed by atoms with Crippen LogP contribution in [0.1, 0.15) is 104 Å². The number of hydrogen-bond donors (Lipinski definition) is 0. The van der Waals surface area contributed by atoms with E-state index in [0.717, 1.165) is 11.8 Å². The number of halogens is 1. The van der Waals surface area contributed by atoms with Gasteiger partial charge in [0.05, 0.1) is 0 Å². The molecular formula is C28H43F. The van der Waals surface area contributed by atoms with E-state index in [1.165, 1.54) is 41.7 Å². The number of hydrogen-bond acceptors (Lipinski definition) is 0. The average Bonchev–Trinajstić information content (AvgIpc) is 3.48. The van der Waals surface area contributed by atoms with Crippen LogP contribution in [0.5, 0.6) is 0 Å². The van der Waals surface area contributed by atoms with Gasteiger partial charge in [0.25, 0.3) is 0 Å². The summed E-state index contributed by atoms with van der Waals surface area (Å²) in [6.45, 7) is 20.0. The van der Waals surface area contributed by atoms with Crippen LogP contribution in [0.25, 0.3) is 0 Å². The van der Waals surface area contributed by atoms with E-state index in [1.807, 2.05) is 12.1 Å². The van der Waals surface area contributed by atoms with Crippen molar-refractivity contribution in [2.24, 2.45) is 11.8 Å². The lowest BCUT2D eigenvalue weighted by atomic mass is 9.85. The van der Waals surface area contributed by atoms with Crippen LogP contribution in [0.3, 0.4) is 0 Å². The topological polar surface area (TPSA) is 0 Å². The highest BCUT2D eigenvalue weighted by molar-refractivity contribution is 5.30. The van der Waals surface area contributed by atoms with Crippen LogP contribution in [0, 0.1) is 17.7 Å². The lowest BCUT2D eigenvalue weighted by molar-refractivity contribution is 0.563. The number of rotatable bonds is 3. The fourth-order valence-corrected chi connectivity index (χ4v) is 2.97. The molecule has 0 N–H and O–H groups in total. The predicted octanol–water partition coefficient (Wildman–Crippen LogP) is 9.11. The van der Waals surface area contributed by atoms with Gasteiger partial charge in [-0.2, -0.15) is 0 Å². The van der Waals surface area contributed by atoms with Crippen molar-refractivity contribution in [1.29, 1.82) is 0 Å². The Labute approximate surface area is 179 Å². The third-order valence-electron chi connectivity index (χ3n) is 5.52. The van der Waals surface area contributed by atoms with E-state index in [9.17, 15) is 4.39 Å². The summed E-state index contributed by atoms with van der Waals surface area (Å²) in [4.78, 5) is 0. The van der Waals surface area contributed by atoms with Gasteiger partial charge in [-0.15, -0.1) is 0 Å². The molecule has 0 aromatic heterocycles. The minimum atomic E-state index is -0.163. The van der Waals surface area contributed by atoms with Gasteiger partial charge >= 0.3 is 0 Å². The Morgan fingerprint density at radius 1 is 0.759 bits per heavy atom. The first kappa shape index (κ1) is 25.4. The van der Waals surface area contributed by atoms with Crippen LogP contribution >= 0.6 is 0 Å². The van der Waals surface area contributed by atoms with Crippen molar-refractivity contribution in [3.63, 3.8) is 0 Å². The molecule has 3 rings (SSSR count). The summed E-state index contributed by atoms with van der Waals surface area (Å²) in [6.07, 6.45) is 3.00. The van der Waals surface area contributed by atoms with Crippen molar-refractivity contribution in [3.05, 3.63) is 71.0 Å². The molecule has 1 fully saturated rings. The SMILES string of the molecule is CC(C)C1CC1.CC(C)c1ccc(F)cc1.CC(C)c1cccc(C(C)(C)C)c1. The van der Waals surface area contributed by atoms with Gasteiger partial charge in [-0.1, -0.05) is 98.7 Å². The maximum Gasteiger partial charge on any atom is 0.123 e. The minimum Gasteiger partial charge on any atom is -0.207 e. The van der Waals surface area contributed by atoms with Crippen LogP contribution in [-0.4, -0.2) is 0 Å². The molecule has 162 valence electrons. The van der Waals surface area contributed by atoms with Gasteiger partial charge in [-0.05, 0) is 70.8 Å². The Kier molecular flexibility index (Phi) is 10.1. The van der Waals surface area contributed by atoms with E-state index in [4.69, 9.17) is 0 Å². The molecule has 2 aromatic carbocycles. The highest BCUT2D eigenvalue weighted by Crippen LogP contribution is 2.35. The first-order chi connectivity index (χ1) is 13.4. The smallest absolute Gasteiger partial charge is 0.123 e. The molecule has 1 saturated carbocycles. The molecule has 0 saturated heterocycles. The molecule has 0 spiro atoms. The normalized spacial score (nSPS) is 13.7. The lowest BCUT2D eigenvalue weighted by Gasteiger charge is -2.20. The third-order valence-corrected chi connectivity index (χ3v) is 5.52. The van der Waals surface area contributed by atoms with Crippen molar-refractivity contribution < 1.29 is 4.39 Å². The first-order valence-corrected chi connectivity index (χ1v) is 11.3. The van der Waals surface area contributed by atoms with Gasteiger partial charge in [0.15, 0.2) is 0 Å². The average molecular weight is 399 g/mol. The van der Waals surface area contributed by atoms with Crippen LogP contribution in [0.4, 0.5) is 4.39 Å². The van der Waals surface area contributed by atoms with Gasteiger partial charge in [0, 0.05) is 0 Å². The second-order valence-electron chi connectivity index (χ2n) is 10.3. The van der Waals surface area contributed by atoms with E-state index in [2.05, 4.69) is 86.6 Å². The van der Waals surface area contributed by atoms with Crippen molar-refractivity contribution in [2.45, 2.75) is 92.4 Å². The maximum absolute atomic E-state index is 12.4. The van der Waals surface area contributed by atoms with Crippen molar-refractivity contribution >= 4 is 0 Å². The van der Waals surface area contributed by atoms with Crippen LogP contribution in [0.15, 0.2) is 48.5 Å². The third kappa shape index (κ3) is 10.1. The Bertz CT molecular complexity index is 698. The molecule has 0 unspecified atom stereocenters. The molecule has 0 amide bonds. The zero-order valence-electron chi connectivity index (χ0n) is 20.2. The summed E-state index contributed by atoms with van der Waals surface area (Å²) in [7, 11) is 0.